The topological polar surface area (TPSA) is 29.3 Å². The highest BCUT2D eigenvalue weighted by Gasteiger charge is 2.20. The van der Waals surface area contributed by atoms with E-state index in [2.05, 4.69) is 24.0 Å². The van der Waals surface area contributed by atoms with Crippen molar-refractivity contribution < 1.29 is 0 Å². The summed E-state index contributed by atoms with van der Waals surface area (Å²) < 4.78 is 0. The van der Waals surface area contributed by atoms with Crippen LogP contribution in [0.15, 0.2) is 18.2 Å². The monoisotopic (exact) mass is 280 g/mol. The Kier molecular flexibility index (Phi) is 5.53. The van der Waals surface area contributed by atoms with E-state index in [4.69, 9.17) is 17.3 Å². The molecule has 106 valence electrons. The molecule has 1 aromatic rings. The Bertz CT molecular complexity index is 398. The summed E-state index contributed by atoms with van der Waals surface area (Å²) >= 11 is 6.32. The zero-order valence-corrected chi connectivity index (χ0v) is 12.6. The molecule has 19 heavy (non-hydrogen) atoms. The predicted molar refractivity (Wildman–Crippen MR) is 84.1 cm³/mol. The van der Waals surface area contributed by atoms with Crippen LogP contribution in [0.25, 0.3) is 0 Å². The van der Waals surface area contributed by atoms with Crippen molar-refractivity contribution in [3.05, 3.63) is 28.8 Å². The number of nitrogens with two attached hydrogens (primary N) is 1. The molecule has 1 fully saturated rings. The molecule has 1 aromatic carbocycles. The maximum Gasteiger partial charge on any atom is 0.0459 e. The Morgan fingerprint density at radius 2 is 2.05 bits per heavy atom. The molecule has 0 atom stereocenters. The van der Waals surface area contributed by atoms with Gasteiger partial charge in [-0.15, -0.1) is 0 Å². The standard InChI is InChI=1S/C16H25ClN2/c1-2-4-13-8-11-19(12-9-13)16-6-3-5-15(17)14(16)7-10-18/h3,5-6,13H,2,4,7-12,18H2,1H3. The minimum atomic E-state index is 0.656. The third-order valence-corrected chi connectivity index (χ3v) is 4.49. The van der Waals surface area contributed by atoms with Crippen molar-refractivity contribution >= 4 is 17.3 Å². The maximum atomic E-state index is 6.32. The van der Waals surface area contributed by atoms with Gasteiger partial charge in [0.2, 0.25) is 0 Å². The van der Waals surface area contributed by atoms with E-state index in [0.717, 1.165) is 30.5 Å². The van der Waals surface area contributed by atoms with Gasteiger partial charge in [-0.2, -0.15) is 0 Å². The zero-order chi connectivity index (χ0) is 13.7. The maximum absolute atomic E-state index is 6.32. The lowest BCUT2D eigenvalue weighted by Crippen LogP contribution is -2.34. The van der Waals surface area contributed by atoms with Crippen molar-refractivity contribution in [2.45, 2.75) is 39.0 Å². The molecule has 2 rings (SSSR count). The van der Waals surface area contributed by atoms with Gasteiger partial charge >= 0.3 is 0 Å². The molecule has 0 aromatic heterocycles. The van der Waals surface area contributed by atoms with Crippen molar-refractivity contribution in [2.24, 2.45) is 11.7 Å². The SMILES string of the molecule is CCCC1CCN(c2cccc(Cl)c2CCN)CC1. The van der Waals surface area contributed by atoms with Crippen LogP contribution in [0.1, 0.15) is 38.2 Å². The second kappa shape index (κ2) is 7.16. The molecular weight excluding hydrogens is 256 g/mol. The number of anilines is 1. The normalized spacial score (nSPS) is 16.9. The predicted octanol–water partition coefficient (Wildman–Crippen LogP) is 3.86. The summed E-state index contributed by atoms with van der Waals surface area (Å²) in [6.07, 6.45) is 6.16. The number of benzene rings is 1. The van der Waals surface area contributed by atoms with Gasteiger partial charge in [0, 0.05) is 23.8 Å². The molecule has 1 aliphatic rings. The molecule has 3 heteroatoms. The van der Waals surface area contributed by atoms with Gasteiger partial charge in [0.1, 0.15) is 0 Å². The highest BCUT2D eigenvalue weighted by molar-refractivity contribution is 6.31. The number of rotatable bonds is 5. The fraction of sp³-hybridized carbons (Fsp3) is 0.625. The Labute approximate surface area is 121 Å². The molecule has 0 saturated carbocycles. The molecule has 1 heterocycles. The Hall–Kier alpha value is -0.730. The first-order chi connectivity index (χ1) is 9.26. The number of piperidine rings is 1. The smallest absolute Gasteiger partial charge is 0.0459 e. The van der Waals surface area contributed by atoms with E-state index in [1.54, 1.807) is 0 Å². The number of hydrogen-bond acceptors (Lipinski definition) is 2. The van der Waals surface area contributed by atoms with Crippen LogP contribution in [0.2, 0.25) is 5.02 Å². The van der Waals surface area contributed by atoms with Crippen molar-refractivity contribution in [3.8, 4) is 0 Å². The molecule has 2 N–H and O–H groups in total. The molecule has 0 spiro atoms. The van der Waals surface area contributed by atoms with Gasteiger partial charge in [-0.05, 0) is 49.4 Å². The van der Waals surface area contributed by atoms with Crippen LogP contribution < -0.4 is 10.6 Å². The van der Waals surface area contributed by atoms with Crippen molar-refractivity contribution in [1.82, 2.24) is 0 Å². The van der Waals surface area contributed by atoms with E-state index in [-0.39, 0.29) is 0 Å². The summed E-state index contributed by atoms with van der Waals surface area (Å²) in [5.41, 5.74) is 8.23. The summed E-state index contributed by atoms with van der Waals surface area (Å²) in [6, 6.07) is 6.21. The van der Waals surface area contributed by atoms with E-state index in [1.807, 2.05) is 6.07 Å². The van der Waals surface area contributed by atoms with Gasteiger partial charge < -0.3 is 10.6 Å². The minimum Gasteiger partial charge on any atom is -0.371 e. The highest BCUT2D eigenvalue weighted by atomic mass is 35.5. The average Bonchev–Trinajstić information content (AvgIpc) is 2.43. The summed E-state index contributed by atoms with van der Waals surface area (Å²) in [5, 5.41) is 0.860. The average molecular weight is 281 g/mol. The van der Waals surface area contributed by atoms with Gasteiger partial charge in [-0.25, -0.2) is 0 Å². The molecule has 0 unspecified atom stereocenters. The van der Waals surface area contributed by atoms with Crippen LogP contribution in [0.3, 0.4) is 0 Å². The second-order valence-corrected chi connectivity index (χ2v) is 5.90. The summed E-state index contributed by atoms with van der Waals surface area (Å²) in [7, 11) is 0. The van der Waals surface area contributed by atoms with Crippen LogP contribution in [-0.4, -0.2) is 19.6 Å². The summed E-state index contributed by atoms with van der Waals surface area (Å²) in [5.74, 6) is 0.915. The highest BCUT2D eigenvalue weighted by Crippen LogP contribution is 2.31. The molecular formula is C16H25ClN2. The number of hydrogen-bond donors (Lipinski definition) is 1. The Morgan fingerprint density at radius 3 is 2.68 bits per heavy atom. The van der Waals surface area contributed by atoms with Gasteiger partial charge in [0.25, 0.3) is 0 Å². The van der Waals surface area contributed by atoms with E-state index < -0.39 is 0 Å². The molecule has 0 aliphatic carbocycles. The fourth-order valence-electron chi connectivity index (χ4n) is 3.11. The lowest BCUT2D eigenvalue weighted by molar-refractivity contribution is 0.378. The van der Waals surface area contributed by atoms with Crippen LogP contribution in [0, 0.1) is 5.92 Å². The Morgan fingerprint density at radius 1 is 1.32 bits per heavy atom. The molecule has 2 nitrogen and oxygen atoms in total. The van der Waals surface area contributed by atoms with E-state index in [9.17, 15) is 0 Å². The zero-order valence-electron chi connectivity index (χ0n) is 11.9. The molecule has 0 radical (unpaired) electrons. The molecule has 1 saturated heterocycles. The van der Waals surface area contributed by atoms with Crippen molar-refractivity contribution in [3.63, 3.8) is 0 Å². The quantitative estimate of drug-likeness (QED) is 0.887. The van der Waals surface area contributed by atoms with Gasteiger partial charge in [0.05, 0.1) is 0 Å². The van der Waals surface area contributed by atoms with Crippen LogP contribution in [0.4, 0.5) is 5.69 Å². The van der Waals surface area contributed by atoms with Gasteiger partial charge in [-0.3, -0.25) is 0 Å². The number of nitrogens with zero attached hydrogens (tertiary/aromatic N) is 1. The van der Waals surface area contributed by atoms with Crippen LogP contribution >= 0.6 is 11.6 Å². The first-order valence-electron chi connectivity index (χ1n) is 7.48. The van der Waals surface area contributed by atoms with Crippen molar-refractivity contribution in [2.75, 3.05) is 24.5 Å². The third-order valence-electron chi connectivity index (χ3n) is 4.14. The summed E-state index contributed by atoms with van der Waals surface area (Å²) in [4.78, 5) is 2.49. The molecule has 0 bridgehead atoms. The fourth-order valence-corrected chi connectivity index (χ4v) is 3.37. The van der Waals surface area contributed by atoms with Crippen LogP contribution in [-0.2, 0) is 6.42 Å². The second-order valence-electron chi connectivity index (χ2n) is 5.50. The first-order valence-corrected chi connectivity index (χ1v) is 7.86. The molecule has 0 amide bonds. The van der Waals surface area contributed by atoms with Crippen LogP contribution in [0.5, 0.6) is 0 Å². The summed E-state index contributed by atoms with van der Waals surface area (Å²) in [6.45, 7) is 5.25. The largest absolute Gasteiger partial charge is 0.371 e. The lowest BCUT2D eigenvalue weighted by Gasteiger charge is -2.35. The van der Waals surface area contributed by atoms with Crippen molar-refractivity contribution in [1.29, 1.82) is 0 Å². The third kappa shape index (κ3) is 3.64. The Balaban J connectivity index is 2.08. The van der Waals surface area contributed by atoms with Gasteiger partial charge in [-0.1, -0.05) is 37.4 Å². The number of halogens is 1. The van der Waals surface area contributed by atoms with E-state index >= 15 is 0 Å². The molecule has 1 aliphatic heterocycles. The first kappa shape index (κ1) is 14.7. The van der Waals surface area contributed by atoms with Gasteiger partial charge in [0.15, 0.2) is 0 Å². The lowest BCUT2D eigenvalue weighted by atomic mass is 9.92. The minimum absolute atomic E-state index is 0.656. The van der Waals surface area contributed by atoms with E-state index in [1.165, 1.54) is 36.9 Å². The van der Waals surface area contributed by atoms with E-state index in [0.29, 0.717) is 6.54 Å².